The average molecular weight is 688 g/mol. The zero-order valence-electron chi connectivity index (χ0n) is 27.7. The third kappa shape index (κ3) is 7.93. The SMILES string of the molecule is COc1cc(Oc2ncnc(OC[C@@]3(O)CCN(C(=O)[C@@H]4CCN(C(=O)OC(C)(C)C)C[C@H]4c4ccccc4)CC3(F)F)c2N)ccc1F. The molecule has 2 saturated heterocycles. The lowest BCUT2D eigenvalue weighted by molar-refractivity contribution is -0.227. The van der Waals surface area contributed by atoms with Gasteiger partial charge < -0.3 is 39.6 Å². The number of methoxy groups -OCH3 is 1. The van der Waals surface area contributed by atoms with Gasteiger partial charge in [0, 0.05) is 44.0 Å². The lowest BCUT2D eigenvalue weighted by Crippen LogP contribution is -2.64. The predicted octanol–water partition coefficient (Wildman–Crippen LogP) is 5.02. The molecule has 2 aromatic carbocycles. The molecular formula is C34H40F3N5O7. The summed E-state index contributed by atoms with van der Waals surface area (Å²) < 4.78 is 66.8. The Morgan fingerprint density at radius 2 is 1.78 bits per heavy atom. The summed E-state index contributed by atoms with van der Waals surface area (Å²) in [5, 5.41) is 11.1. The van der Waals surface area contributed by atoms with Crippen molar-refractivity contribution in [1.82, 2.24) is 19.8 Å². The topological polar surface area (TPSA) is 150 Å². The van der Waals surface area contributed by atoms with Gasteiger partial charge in [0.05, 0.1) is 13.7 Å². The Hall–Kier alpha value is -4.79. The van der Waals surface area contributed by atoms with Gasteiger partial charge in [-0.2, -0.15) is 9.97 Å². The van der Waals surface area contributed by atoms with Gasteiger partial charge in [0.2, 0.25) is 17.7 Å². The minimum atomic E-state index is -3.77. The number of ether oxygens (including phenoxy) is 4. The molecule has 1 aromatic heterocycles. The highest BCUT2D eigenvalue weighted by molar-refractivity contribution is 5.81. The van der Waals surface area contributed by atoms with E-state index in [2.05, 4.69) is 9.97 Å². The van der Waals surface area contributed by atoms with Crippen LogP contribution in [0.4, 0.5) is 23.7 Å². The lowest BCUT2D eigenvalue weighted by atomic mass is 9.79. The first-order valence-corrected chi connectivity index (χ1v) is 15.8. The molecule has 2 aliphatic heterocycles. The number of benzene rings is 2. The molecule has 3 heterocycles. The summed E-state index contributed by atoms with van der Waals surface area (Å²) in [6.07, 6.45) is 0.271. The Morgan fingerprint density at radius 1 is 1.06 bits per heavy atom. The van der Waals surface area contributed by atoms with E-state index in [1.165, 1.54) is 19.2 Å². The number of halogens is 3. The van der Waals surface area contributed by atoms with Crippen LogP contribution < -0.4 is 19.9 Å². The summed E-state index contributed by atoms with van der Waals surface area (Å²) in [7, 11) is 1.28. The van der Waals surface area contributed by atoms with Crippen LogP contribution in [-0.2, 0) is 9.53 Å². The number of hydrogen-bond acceptors (Lipinski definition) is 10. The van der Waals surface area contributed by atoms with E-state index in [0.29, 0.717) is 0 Å². The minimum Gasteiger partial charge on any atom is -0.494 e. The number of nitrogen functional groups attached to an aromatic ring is 1. The van der Waals surface area contributed by atoms with E-state index in [0.717, 1.165) is 22.9 Å². The van der Waals surface area contributed by atoms with Crippen molar-refractivity contribution in [3.05, 3.63) is 66.2 Å². The number of anilines is 1. The van der Waals surface area contributed by atoms with Gasteiger partial charge in [-0.15, -0.1) is 0 Å². The number of nitrogens with two attached hydrogens (primary N) is 1. The average Bonchev–Trinajstić information content (AvgIpc) is 3.06. The van der Waals surface area contributed by atoms with E-state index in [1.54, 1.807) is 25.7 Å². The number of hydrogen-bond donors (Lipinski definition) is 2. The van der Waals surface area contributed by atoms with E-state index in [-0.39, 0.29) is 55.0 Å². The van der Waals surface area contributed by atoms with Gasteiger partial charge in [0.1, 0.15) is 24.3 Å². The standard InChI is InChI=1S/C34H40F3N5O7/c1-32(2,3)49-31(44)41-14-12-23(24(17-41)21-8-6-5-7-9-21)30(43)42-15-13-33(45,34(36,37)18-42)19-47-28-27(38)29(40-20-39-28)48-22-10-11-25(35)26(16-22)46-4/h5-11,16,20,23-24,45H,12-15,17-19,38H2,1-4H3/t23-,24+,33+/m1/s1. The van der Waals surface area contributed by atoms with Gasteiger partial charge in [-0.3, -0.25) is 4.79 Å². The zero-order valence-corrected chi connectivity index (χ0v) is 27.7. The second-order valence-corrected chi connectivity index (χ2v) is 13.2. The van der Waals surface area contributed by atoms with Crippen molar-refractivity contribution >= 4 is 17.7 Å². The fourth-order valence-electron chi connectivity index (χ4n) is 5.91. The molecule has 15 heteroatoms. The van der Waals surface area contributed by atoms with Crippen LogP contribution in [0, 0.1) is 11.7 Å². The number of carbonyl (C=O) groups is 2. The highest BCUT2D eigenvalue weighted by Gasteiger charge is 2.58. The maximum Gasteiger partial charge on any atom is 0.410 e. The number of aromatic nitrogens is 2. The highest BCUT2D eigenvalue weighted by atomic mass is 19.3. The summed E-state index contributed by atoms with van der Waals surface area (Å²) in [6.45, 7) is 3.59. The van der Waals surface area contributed by atoms with E-state index < -0.39 is 66.4 Å². The van der Waals surface area contributed by atoms with Crippen LogP contribution in [0.25, 0.3) is 0 Å². The molecule has 2 fully saturated rings. The molecule has 0 aliphatic carbocycles. The maximum absolute atomic E-state index is 15.7. The van der Waals surface area contributed by atoms with Gasteiger partial charge in [-0.05, 0) is 44.9 Å². The molecule has 3 aromatic rings. The van der Waals surface area contributed by atoms with Crippen LogP contribution in [0.3, 0.4) is 0 Å². The van der Waals surface area contributed by atoms with Gasteiger partial charge in [0.25, 0.3) is 5.92 Å². The molecule has 0 unspecified atom stereocenters. The van der Waals surface area contributed by atoms with Crippen LogP contribution >= 0.6 is 0 Å². The molecule has 264 valence electrons. The van der Waals surface area contributed by atoms with Crippen molar-refractivity contribution in [2.24, 2.45) is 5.92 Å². The highest BCUT2D eigenvalue weighted by Crippen LogP contribution is 2.41. The van der Waals surface area contributed by atoms with Gasteiger partial charge in [-0.1, -0.05) is 30.3 Å². The van der Waals surface area contributed by atoms with Crippen LogP contribution in [-0.4, -0.2) is 93.9 Å². The third-order valence-corrected chi connectivity index (χ3v) is 8.58. The van der Waals surface area contributed by atoms with Crippen molar-refractivity contribution in [1.29, 1.82) is 0 Å². The molecule has 2 amide bonds. The number of amides is 2. The van der Waals surface area contributed by atoms with E-state index in [9.17, 15) is 19.1 Å². The Morgan fingerprint density at radius 3 is 2.45 bits per heavy atom. The first kappa shape index (κ1) is 35.5. The molecule has 0 saturated carbocycles. The molecule has 0 radical (unpaired) electrons. The van der Waals surface area contributed by atoms with Crippen molar-refractivity contribution in [2.45, 2.75) is 56.7 Å². The maximum atomic E-state index is 15.7. The molecule has 5 rings (SSSR count). The Balaban J connectivity index is 1.26. The van der Waals surface area contributed by atoms with Gasteiger partial charge in [0.15, 0.2) is 22.9 Å². The van der Waals surface area contributed by atoms with Crippen molar-refractivity contribution in [3.63, 3.8) is 0 Å². The zero-order chi connectivity index (χ0) is 35.6. The first-order valence-electron chi connectivity index (χ1n) is 15.8. The van der Waals surface area contributed by atoms with Crippen LogP contribution in [0.1, 0.15) is 45.1 Å². The first-order chi connectivity index (χ1) is 23.1. The van der Waals surface area contributed by atoms with Crippen molar-refractivity contribution in [2.75, 3.05) is 45.6 Å². The molecule has 0 spiro atoms. The smallest absolute Gasteiger partial charge is 0.410 e. The number of likely N-dealkylation sites (tertiary alicyclic amines) is 2. The second kappa shape index (κ2) is 14.0. The normalized spacial score (nSPS) is 22.3. The Labute approximate surface area is 281 Å². The molecule has 2 aliphatic rings. The van der Waals surface area contributed by atoms with E-state index in [4.69, 9.17) is 24.7 Å². The van der Waals surface area contributed by atoms with E-state index >= 15 is 8.78 Å². The third-order valence-electron chi connectivity index (χ3n) is 8.58. The van der Waals surface area contributed by atoms with Crippen LogP contribution in [0.15, 0.2) is 54.9 Å². The summed E-state index contributed by atoms with van der Waals surface area (Å²) in [4.78, 5) is 37.2. The van der Waals surface area contributed by atoms with Crippen LogP contribution in [0.5, 0.6) is 23.3 Å². The largest absolute Gasteiger partial charge is 0.494 e. The van der Waals surface area contributed by atoms with Gasteiger partial charge >= 0.3 is 6.09 Å². The Kier molecular flexibility index (Phi) is 10.1. The molecule has 3 N–H and O–H groups in total. The number of aliphatic hydroxyl groups is 1. The van der Waals surface area contributed by atoms with Gasteiger partial charge in [-0.25, -0.2) is 18.0 Å². The summed E-state index contributed by atoms with van der Waals surface area (Å²) in [5.74, 6) is -6.48. The minimum absolute atomic E-state index is 0.0854. The molecule has 49 heavy (non-hydrogen) atoms. The number of rotatable bonds is 8. The second-order valence-electron chi connectivity index (χ2n) is 13.2. The van der Waals surface area contributed by atoms with Crippen LogP contribution in [0.2, 0.25) is 0 Å². The predicted molar refractivity (Wildman–Crippen MR) is 171 cm³/mol. The number of alkyl halides is 2. The fourth-order valence-corrected chi connectivity index (χ4v) is 5.91. The quantitative estimate of drug-likeness (QED) is 0.331. The molecule has 3 atom stereocenters. The number of nitrogens with zero attached hydrogens (tertiary/aromatic N) is 4. The number of carbonyl (C=O) groups excluding carboxylic acids is 2. The molecule has 12 nitrogen and oxygen atoms in total. The van der Waals surface area contributed by atoms with Crippen molar-refractivity contribution < 1.29 is 46.8 Å². The monoisotopic (exact) mass is 687 g/mol. The summed E-state index contributed by atoms with van der Waals surface area (Å²) in [6, 6.07) is 12.8. The summed E-state index contributed by atoms with van der Waals surface area (Å²) in [5.41, 5.74) is 3.27. The number of piperidine rings is 2. The fraction of sp³-hybridized carbons (Fsp3) is 0.471. The summed E-state index contributed by atoms with van der Waals surface area (Å²) >= 11 is 0. The van der Waals surface area contributed by atoms with E-state index in [1.807, 2.05) is 30.3 Å². The molecular weight excluding hydrogens is 647 g/mol. The molecule has 0 bridgehead atoms. The Bertz CT molecular complexity index is 1660. The van der Waals surface area contributed by atoms with Crippen molar-refractivity contribution in [3.8, 4) is 23.3 Å². The lowest BCUT2D eigenvalue weighted by Gasteiger charge is -2.46.